The van der Waals surface area contributed by atoms with E-state index in [1.165, 1.54) is 0 Å². The molecule has 4 aromatic rings. The van der Waals surface area contributed by atoms with E-state index < -0.39 is 5.97 Å². The third-order valence-electron chi connectivity index (χ3n) is 6.31. The standard InChI is InChI=1S/C31H34N2O5/c1-20(2)17-25(33-24-13-11-22(12-14-24)27(34)8-6-10-31(35)36)19-37-30-16-15-26(21(3)32-30)29-18-23-7-4-5-9-28(23)38-29/h4-5,7,9,11-16,18,20,25,33H,6,8,10,17,19H2,1-3H3,(H,35,36)/t25-/m0/s1. The van der Waals surface area contributed by atoms with Gasteiger partial charge in [-0.05, 0) is 68.1 Å². The van der Waals surface area contributed by atoms with Gasteiger partial charge in [0.1, 0.15) is 18.0 Å². The molecule has 0 spiro atoms. The van der Waals surface area contributed by atoms with Crippen molar-refractivity contribution in [3.05, 3.63) is 78.0 Å². The average molecular weight is 515 g/mol. The molecular formula is C31H34N2O5. The number of carbonyl (C=O) groups excluding carboxylic acids is 1. The normalized spacial score (nSPS) is 12.0. The van der Waals surface area contributed by atoms with Gasteiger partial charge >= 0.3 is 5.97 Å². The molecule has 0 radical (unpaired) electrons. The van der Waals surface area contributed by atoms with Gasteiger partial charge in [0.2, 0.25) is 5.88 Å². The second kappa shape index (κ2) is 12.4. The highest BCUT2D eigenvalue weighted by Gasteiger charge is 2.15. The van der Waals surface area contributed by atoms with Gasteiger partial charge in [0.25, 0.3) is 0 Å². The second-order valence-electron chi connectivity index (χ2n) is 9.96. The fourth-order valence-corrected chi connectivity index (χ4v) is 4.45. The Balaban J connectivity index is 1.37. The highest BCUT2D eigenvalue weighted by molar-refractivity contribution is 5.96. The molecule has 0 fully saturated rings. The number of aryl methyl sites for hydroxylation is 1. The van der Waals surface area contributed by atoms with Crippen LogP contribution < -0.4 is 10.1 Å². The van der Waals surface area contributed by atoms with Crippen molar-refractivity contribution in [2.45, 2.75) is 52.5 Å². The SMILES string of the molecule is Cc1nc(OC[C@H](CC(C)C)Nc2ccc(C(=O)CCCC(=O)O)cc2)ccc1-c1cc2ccccc2o1. The van der Waals surface area contributed by atoms with Crippen molar-refractivity contribution in [1.29, 1.82) is 0 Å². The third kappa shape index (κ3) is 7.22. The summed E-state index contributed by atoms with van der Waals surface area (Å²) in [6.07, 6.45) is 1.46. The minimum absolute atomic E-state index is 0.000720. The zero-order chi connectivity index (χ0) is 27.1. The average Bonchev–Trinajstić information content (AvgIpc) is 3.31. The molecule has 0 bridgehead atoms. The summed E-state index contributed by atoms with van der Waals surface area (Å²) in [5.74, 6) is 0.859. The van der Waals surface area contributed by atoms with Crippen LogP contribution in [0.5, 0.6) is 5.88 Å². The Morgan fingerprint density at radius 3 is 2.47 bits per heavy atom. The number of hydrogen-bond donors (Lipinski definition) is 2. The van der Waals surface area contributed by atoms with E-state index >= 15 is 0 Å². The van der Waals surface area contributed by atoms with Crippen LogP contribution in [0.4, 0.5) is 5.69 Å². The molecule has 4 rings (SSSR count). The lowest BCUT2D eigenvalue weighted by molar-refractivity contribution is -0.137. The largest absolute Gasteiger partial charge is 0.481 e. The summed E-state index contributed by atoms with van der Waals surface area (Å²) in [6.45, 7) is 6.71. The van der Waals surface area contributed by atoms with E-state index in [2.05, 4.69) is 24.1 Å². The minimum atomic E-state index is -0.886. The van der Waals surface area contributed by atoms with E-state index in [4.69, 9.17) is 14.3 Å². The predicted octanol–water partition coefficient (Wildman–Crippen LogP) is 7.15. The molecule has 0 saturated carbocycles. The van der Waals surface area contributed by atoms with Crippen molar-refractivity contribution in [2.24, 2.45) is 5.92 Å². The number of hydrogen-bond acceptors (Lipinski definition) is 6. The number of ether oxygens (including phenoxy) is 1. The van der Waals surface area contributed by atoms with Gasteiger partial charge in [-0.1, -0.05) is 32.0 Å². The first-order valence-electron chi connectivity index (χ1n) is 13.0. The van der Waals surface area contributed by atoms with E-state index in [-0.39, 0.29) is 24.7 Å². The van der Waals surface area contributed by atoms with Crippen LogP contribution in [0.2, 0.25) is 0 Å². The molecule has 0 unspecified atom stereocenters. The number of furan rings is 1. The maximum atomic E-state index is 12.3. The summed E-state index contributed by atoms with van der Waals surface area (Å²) in [4.78, 5) is 27.6. The molecule has 1 atom stereocenters. The molecule has 2 aromatic carbocycles. The summed E-state index contributed by atoms with van der Waals surface area (Å²) < 4.78 is 12.1. The number of aromatic nitrogens is 1. The topological polar surface area (TPSA) is 102 Å². The smallest absolute Gasteiger partial charge is 0.303 e. The van der Waals surface area contributed by atoms with Gasteiger partial charge in [0, 0.05) is 41.1 Å². The molecule has 0 aliphatic rings. The molecule has 0 aliphatic heterocycles. The monoisotopic (exact) mass is 514 g/mol. The number of carboxylic acid groups (broad SMARTS) is 1. The third-order valence-corrected chi connectivity index (χ3v) is 6.31. The Hall–Kier alpha value is -4.13. The first kappa shape index (κ1) is 26.9. The lowest BCUT2D eigenvalue weighted by Crippen LogP contribution is -2.29. The molecular weight excluding hydrogens is 480 g/mol. The van der Waals surface area contributed by atoms with Crippen LogP contribution in [0.3, 0.4) is 0 Å². The Kier molecular flexibility index (Phi) is 8.79. The highest BCUT2D eigenvalue weighted by atomic mass is 16.5. The lowest BCUT2D eigenvalue weighted by Gasteiger charge is -2.22. The Morgan fingerprint density at radius 2 is 1.79 bits per heavy atom. The number of fused-ring (bicyclic) bond motifs is 1. The zero-order valence-electron chi connectivity index (χ0n) is 22.1. The predicted molar refractivity (Wildman–Crippen MR) is 149 cm³/mol. The van der Waals surface area contributed by atoms with Crippen LogP contribution in [0, 0.1) is 12.8 Å². The van der Waals surface area contributed by atoms with Crippen LogP contribution in [-0.2, 0) is 4.79 Å². The van der Waals surface area contributed by atoms with Crippen molar-refractivity contribution in [3.8, 4) is 17.2 Å². The van der Waals surface area contributed by atoms with Crippen molar-refractivity contribution in [3.63, 3.8) is 0 Å². The first-order chi connectivity index (χ1) is 18.3. The number of para-hydroxylation sites is 1. The maximum Gasteiger partial charge on any atom is 0.303 e. The second-order valence-corrected chi connectivity index (χ2v) is 9.96. The lowest BCUT2D eigenvalue weighted by atomic mass is 10.0. The van der Waals surface area contributed by atoms with E-state index in [1.807, 2.05) is 61.5 Å². The molecule has 0 saturated heterocycles. The van der Waals surface area contributed by atoms with Crippen molar-refractivity contribution in [2.75, 3.05) is 11.9 Å². The molecule has 0 aliphatic carbocycles. The number of carboxylic acids is 1. The molecule has 7 nitrogen and oxygen atoms in total. The molecule has 0 amide bonds. The van der Waals surface area contributed by atoms with E-state index in [0.29, 0.717) is 30.4 Å². The minimum Gasteiger partial charge on any atom is -0.481 e. The van der Waals surface area contributed by atoms with Crippen molar-refractivity contribution >= 4 is 28.4 Å². The van der Waals surface area contributed by atoms with Gasteiger partial charge in [-0.15, -0.1) is 0 Å². The summed E-state index contributed by atoms with van der Waals surface area (Å²) in [5.41, 5.74) is 4.09. The summed E-state index contributed by atoms with van der Waals surface area (Å²) in [5, 5.41) is 13.3. The first-order valence-corrected chi connectivity index (χ1v) is 13.0. The van der Waals surface area contributed by atoms with Gasteiger partial charge in [-0.25, -0.2) is 4.98 Å². The molecule has 38 heavy (non-hydrogen) atoms. The van der Waals surface area contributed by atoms with Crippen LogP contribution in [0.25, 0.3) is 22.3 Å². The van der Waals surface area contributed by atoms with Gasteiger partial charge in [0.15, 0.2) is 5.78 Å². The Bertz CT molecular complexity index is 1360. The number of rotatable bonds is 13. The number of benzene rings is 2. The van der Waals surface area contributed by atoms with Gasteiger partial charge < -0.3 is 19.6 Å². The molecule has 2 heterocycles. The summed E-state index contributed by atoms with van der Waals surface area (Å²) in [6, 6.07) is 21.2. The van der Waals surface area contributed by atoms with Gasteiger partial charge in [-0.3, -0.25) is 9.59 Å². The van der Waals surface area contributed by atoms with E-state index in [1.54, 1.807) is 12.1 Å². The van der Waals surface area contributed by atoms with Crippen molar-refractivity contribution in [1.82, 2.24) is 4.98 Å². The van der Waals surface area contributed by atoms with Crippen LogP contribution in [0.1, 0.15) is 55.6 Å². The number of nitrogens with one attached hydrogen (secondary N) is 1. The highest BCUT2D eigenvalue weighted by Crippen LogP contribution is 2.30. The molecule has 2 aromatic heterocycles. The number of pyridine rings is 1. The molecule has 198 valence electrons. The molecule has 7 heteroatoms. The van der Waals surface area contributed by atoms with Crippen LogP contribution >= 0.6 is 0 Å². The number of aliphatic carboxylic acids is 1. The summed E-state index contributed by atoms with van der Waals surface area (Å²) >= 11 is 0. The van der Waals surface area contributed by atoms with E-state index in [9.17, 15) is 9.59 Å². The Morgan fingerprint density at radius 1 is 1.03 bits per heavy atom. The quantitative estimate of drug-likeness (QED) is 0.183. The van der Waals surface area contributed by atoms with Gasteiger partial charge in [0.05, 0.1) is 11.7 Å². The van der Waals surface area contributed by atoms with Crippen LogP contribution in [0.15, 0.2) is 71.1 Å². The fourth-order valence-electron chi connectivity index (χ4n) is 4.45. The Labute approximate surface area is 222 Å². The zero-order valence-corrected chi connectivity index (χ0v) is 22.1. The number of nitrogens with zero attached hydrogens (tertiary/aromatic N) is 1. The summed E-state index contributed by atoms with van der Waals surface area (Å²) in [7, 11) is 0. The van der Waals surface area contributed by atoms with E-state index in [0.717, 1.165) is 40.1 Å². The number of anilines is 1. The number of Topliss-reactive ketones (excluding diaryl/α,β-unsaturated/α-hetero) is 1. The van der Waals surface area contributed by atoms with Gasteiger partial charge in [-0.2, -0.15) is 0 Å². The maximum absolute atomic E-state index is 12.3. The fraction of sp³-hybridized carbons (Fsp3) is 0.323. The van der Waals surface area contributed by atoms with Crippen molar-refractivity contribution < 1.29 is 23.8 Å². The number of carbonyl (C=O) groups is 2. The molecule has 2 N–H and O–H groups in total. The van der Waals surface area contributed by atoms with Crippen LogP contribution in [-0.4, -0.2) is 34.5 Å². The number of ketones is 1.